The molecule has 0 fully saturated rings. The third kappa shape index (κ3) is 3.88. The fourth-order valence-corrected chi connectivity index (χ4v) is 3.77. The zero-order chi connectivity index (χ0) is 19.6. The summed E-state index contributed by atoms with van der Waals surface area (Å²) >= 11 is 1.04. The molecule has 1 aromatic heterocycles. The van der Waals surface area contributed by atoms with E-state index in [-0.39, 0.29) is 16.9 Å². The number of ketones is 1. The van der Waals surface area contributed by atoms with Crippen molar-refractivity contribution in [1.29, 1.82) is 0 Å². The van der Waals surface area contributed by atoms with Crippen LogP contribution in [0.2, 0.25) is 0 Å². The van der Waals surface area contributed by atoms with Crippen LogP contribution in [0.3, 0.4) is 0 Å². The van der Waals surface area contributed by atoms with Crippen molar-refractivity contribution in [1.82, 2.24) is 0 Å². The summed E-state index contributed by atoms with van der Waals surface area (Å²) in [4.78, 5) is 24.6. The van der Waals surface area contributed by atoms with E-state index < -0.39 is 23.4 Å². The number of thiophene rings is 1. The van der Waals surface area contributed by atoms with E-state index in [0.29, 0.717) is 21.8 Å². The van der Waals surface area contributed by atoms with Gasteiger partial charge in [-0.1, -0.05) is 6.07 Å². The zero-order valence-electron chi connectivity index (χ0n) is 14.2. The number of aliphatic carboxylic acids is 1. The Kier molecular flexibility index (Phi) is 5.32. The first kappa shape index (κ1) is 18.7. The van der Waals surface area contributed by atoms with Crippen molar-refractivity contribution in [2.24, 2.45) is 0 Å². The van der Waals surface area contributed by atoms with Gasteiger partial charge >= 0.3 is 5.97 Å². The smallest absolute Gasteiger partial charge is 0.307 e. The number of rotatable bonds is 6. The van der Waals surface area contributed by atoms with Gasteiger partial charge in [0.2, 0.25) is 5.78 Å². The maximum absolute atomic E-state index is 14.0. The number of hydrogen-bond donors (Lipinski definition) is 1. The lowest BCUT2D eigenvalue weighted by Crippen LogP contribution is -2.04. The molecule has 1 heterocycles. The first-order valence-electron chi connectivity index (χ1n) is 7.88. The Hall–Kier alpha value is -3.06. The highest BCUT2D eigenvalue weighted by Gasteiger charge is 2.22. The van der Waals surface area contributed by atoms with E-state index in [2.05, 4.69) is 0 Å². The molecule has 0 spiro atoms. The van der Waals surface area contributed by atoms with Crippen molar-refractivity contribution < 1.29 is 28.2 Å². The summed E-state index contributed by atoms with van der Waals surface area (Å²) in [6, 6.07) is 11.7. The summed E-state index contributed by atoms with van der Waals surface area (Å²) in [6.45, 7) is 0. The molecule has 3 rings (SSSR count). The van der Waals surface area contributed by atoms with Crippen molar-refractivity contribution >= 4 is 23.1 Å². The van der Waals surface area contributed by atoms with Crippen LogP contribution in [0, 0.1) is 11.6 Å². The van der Waals surface area contributed by atoms with Crippen LogP contribution in [0.25, 0.3) is 10.4 Å². The molecule has 7 heteroatoms. The summed E-state index contributed by atoms with van der Waals surface area (Å²) in [6.07, 6.45) is -0.295. The van der Waals surface area contributed by atoms with Gasteiger partial charge in [-0.3, -0.25) is 9.59 Å². The summed E-state index contributed by atoms with van der Waals surface area (Å²) in [5.41, 5.74) is 0.744. The van der Waals surface area contributed by atoms with Gasteiger partial charge in [-0.25, -0.2) is 8.78 Å². The van der Waals surface area contributed by atoms with Crippen LogP contribution < -0.4 is 4.74 Å². The van der Waals surface area contributed by atoms with E-state index in [1.807, 2.05) is 0 Å². The lowest BCUT2D eigenvalue weighted by molar-refractivity contribution is -0.136. The number of methoxy groups -OCH3 is 1. The quantitative estimate of drug-likeness (QED) is 0.629. The van der Waals surface area contributed by atoms with Crippen molar-refractivity contribution in [3.05, 3.63) is 76.2 Å². The number of carbonyl (C=O) groups is 2. The predicted octanol–water partition coefficient (Wildman–Crippen LogP) is 4.56. The lowest BCUT2D eigenvalue weighted by Gasteiger charge is -2.04. The van der Waals surface area contributed by atoms with E-state index in [9.17, 15) is 18.4 Å². The highest BCUT2D eigenvalue weighted by atomic mass is 32.1. The number of benzene rings is 2. The largest absolute Gasteiger partial charge is 0.497 e. The predicted molar refractivity (Wildman–Crippen MR) is 97.4 cm³/mol. The number of carboxylic acids is 1. The molecule has 0 aliphatic rings. The van der Waals surface area contributed by atoms with Gasteiger partial charge < -0.3 is 9.84 Å². The number of carbonyl (C=O) groups excluding carboxylic acids is 1. The molecule has 0 saturated heterocycles. The summed E-state index contributed by atoms with van der Waals surface area (Å²) in [7, 11) is 1.53. The van der Waals surface area contributed by atoms with Crippen LogP contribution in [0.15, 0.2) is 48.5 Å². The molecule has 138 valence electrons. The fraction of sp³-hybridized carbons (Fsp3) is 0.100. The molecule has 0 amide bonds. The second kappa shape index (κ2) is 7.67. The number of halogens is 2. The van der Waals surface area contributed by atoms with E-state index in [0.717, 1.165) is 17.4 Å². The van der Waals surface area contributed by atoms with E-state index in [4.69, 9.17) is 9.84 Å². The maximum Gasteiger partial charge on any atom is 0.307 e. The van der Waals surface area contributed by atoms with Crippen LogP contribution in [0.5, 0.6) is 5.75 Å². The van der Waals surface area contributed by atoms with Gasteiger partial charge in [0.25, 0.3) is 0 Å². The minimum absolute atomic E-state index is 0.140. The fourth-order valence-electron chi connectivity index (χ4n) is 2.63. The second-order valence-corrected chi connectivity index (χ2v) is 6.75. The minimum atomic E-state index is -1.22. The van der Waals surface area contributed by atoms with Crippen LogP contribution in [0.1, 0.15) is 20.8 Å². The Morgan fingerprint density at radius 1 is 1.11 bits per heavy atom. The third-order valence-electron chi connectivity index (χ3n) is 3.92. The van der Waals surface area contributed by atoms with Crippen LogP contribution >= 0.6 is 11.3 Å². The molecule has 0 radical (unpaired) electrons. The number of ether oxygens (including phenoxy) is 1. The average molecular weight is 388 g/mol. The Morgan fingerprint density at radius 3 is 2.44 bits per heavy atom. The van der Waals surface area contributed by atoms with Gasteiger partial charge in [0.15, 0.2) is 11.6 Å². The molecule has 2 aromatic carbocycles. The first-order chi connectivity index (χ1) is 12.9. The number of hydrogen-bond acceptors (Lipinski definition) is 4. The van der Waals surface area contributed by atoms with E-state index in [1.54, 1.807) is 24.3 Å². The Balaban J connectivity index is 2.06. The van der Waals surface area contributed by atoms with Gasteiger partial charge in [-0.2, -0.15) is 0 Å². The van der Waals surface area contributed by atoms with Gasteiger partial charge in [-0.05, 0) is 53.6 Å². The monoisotopic (exact) mass is 388 g/mol. The summed E-state index contributed by atoms with van der Waals surface area (Å²) in [5.74, 6) is -3.45. The van der Waals surface area contributed by atoms with Gasteiger partial charge in [0, 0.05) is 4.88 Å². The molecule has 0 saturated carbocycles. The highest BCUT2D eigenvalue weighted by molar-refractivity contribution is 7.17. The van der Waals surface area contributed by atoms with Crippen molar-refractivity contribution in [2.75, 3.05) is 7.11 Å². The van der Waals surface area contributed by atoms with Crippen molar-refractivity contribution in [3.8, 4) is 16.2 Å². The molecule has 1 N–H and O–H groups in total. The van der Waals surface area contributed by atoms with Crippen LogP contribution in [0.4, 0.5) is 8.78 Å². The summed E-state index contributed by atoms with van der Waals surface area (Å²) in [5, 5.41) is 9.16. The standard InChI is InChI=1S/C20H14F2O4S/c1-26-13-7-5-11(6-8-13)20-12(10-17(23)24)9-16(27-20)19(25)14-3-2-4-15(21)18(14)22/h2-9H,10H2,1H3,(H,23,24). The normalized spacial score (nSPS) is 10.6. The van der Waals surface area contributed by atoms with Crippen molar-refractivity contribution in [3.63, 3.8) is 0 Å². The molecular formula is C20H14F2O4S. The van der Waals surface area contributed by atoms with Crippen LogP contribution in [-0.2, 0) is 11.2 Å². The molecule has 0 aliphatic carbocycles. The third-order valence-corrected chi connectivity index (χ3v) is 5.15. The van der Waals surface area contributed by atoms with E-state index >= 15 is 0 Å². The first-order valence-corrected chi connectivity index (χ1v) is 8.70. The Morgan fingerprint density at radius 2 is 1.81 bits per heavy atom. The second-order valence-electron chi connectivity index (χ2n) is 5.69. The molecule has 0 unspecified atom stereocenters. The zero-order valence-corrected chi connectivity index (χ0v) is 15.0. The molecule has 0 bridgehead atoms. The minimum Gasteiger partial charge on any atom is -0.497 e. The van der Waals surface area contributed by atoms with Gasteiger partial charge in [-0.15, -0.1) is 11.3 Å². The molecular weight excluding hydrogens is 374 g/mol. The average Bonchev–Trinajstić information content (AvgIpc) is 3.06. The summed E-state index contributed by atoms with van der Waals surface area (Å²) < 4.78 is 32.5. The van der Waals surface area contributed by atoms with Gasteiger partial charge in [0.1, 0.15) is 5.75 Å². The molecule has 0 atom stereocenters. The topological polar surface area (TPSA) is 63.6 Å². The molecule has 3 aromatic rings. The Bertz CT molecular complexity index is 1010. The molecule has 4 nitrogen and oxygen atoms in total. The van der Waals surface area contributed by atoms with E-state index in [1.165, 1.54) is 25.3 Å². The highest BCUT2D eigenvalue weighted by Crippen LogP contribution is 2.35. The molecule has 0 aliphatic heterocycles. The van der Waals surface area contributed by atoms with Gasteiger partial charge in [0.05, 0.1) is 24.0 Å². The molecule has 27 heavy (non-hydrogen) atoms. The lowest BCUT2D eigenvalue weighted by atomic mass is 10.0. The Labute approximate surface area is 157 Å². The van der Waals surface area contributed by atoms with Crippen molar-refractivity contribution in [2.45, 2.75) is 6.42 Å². The maximum atomic E-state index is 14.0. The SMILES string of the molecule is COc1ccc(-c2sc(C(=O)c3cccc(F)c3F)cc2CC(=O)O)cc1. The number of carboxylic acid groups (broad SMARTS) is 1. The van der Waals surface area contributed by atoms with Crippen LogP contribution in [-0.4, -0.2) is 24.0 Å².